The summed E-state index contributed by atoms with van der Waals surface area (Å²) in [6.07, 6.45) is 0. The van der Waals surface area contributed by atoms with E-state index in [0.717, 1.165) is 18.7 Å². The summed E-state index contributed by atoms with van der Waals surface area (Å²) in [6, 6.07) is 10.2. The van der Waals surface area contributed by atoms with Crippen LogP contribution in [0.1, 0.15) is 20.9 Å². The maximum atomic E-state index is 8.96. The molecule has 0 amide bonds. The van der Waals surface area contributed by atoms with Crippen LogP contribution in [0.2, 0.25) is 0 Å². The molecule has 2 nitrogen and oxygen atoms in total. The predicted octanol–water partition coefficient (Wildman–Crippen LogP) is 3.60. The Hall–Kier alpha value is -0.680. The molecule has 0 saturated carbocycles. The van der Waals surface area contributed by atoms with E-state index >= 15 is 0 Å². The van der Waals surface area contributed by atoms with Gasteiger partial charge >= 0.3 is 0 Å². The van der Waals surface area contributed by atoms with Crippen LogP contribution >= 0.6 is 27.3 Å². The van der Waals surface area contributed by atoms with Crippen LogP contribution in [-0.2, 0) is 19.7 Å². The summed E-state index contributed by atoms with van der Waals surface area (Å²) >= 11 is 5.34. The summed E-state index contributed by atoms with van der Waals surface area (Å²) in [5, 5.41) is 12.4. The minimum absolute atomic E-state index is 0.107. The van der Waals surface area contributed by atoms with E-state index in [1.807, 2.05) is 35.6 Å². The summed E-state index contributed by atoms with van der Waals surface area (Å²) in [7, 11) is 0. The Morgan fingerprint density at radius 3 is 2.39 bits per heavy atom. The molecule has 96 valence electrons. The molecule has 0 bridgehead atoms. The molecule has 0 aliphatic rings. The van der Waals surface area contributed by atoms with Gasteiger partial charge in [-0.15, -0.1) is 11.3 Å². The molecule has 0 fully saturated rings. The Kier molecular flexibility index (Phi) is 4.95. The summed E-state index contributed by atoms with van der Waals surface area (Å²) in [6.45, 7) is 3.96. The number of nitrogens with one attached hydrogen (secondary N) is 1. The van der Waals surface area contributed by atoms with E-state index in [9.17, 15) is 0 Å². The Balaban J connectivity index is 1.84. The quantitative estimate of drug-likeness (QED) is 0.880. The van der Waals surface area contributed by atoms with Gasteiger partial charge in [0.15, 0.2) is 0 Å². The zero-order valence-electron chi connectivity index (χ0n) is 10.2. The van der Waals surface area contributed by atoms with E-state index in [-0.39, 0.29) is 6.61 Å². The highest BCUT2D eigenvalue weighted by molar-refractivity contribution is 9.10. The van der Waals surface area contributed by atoms with Crippen molar-refractivity contribution in [1.29, 1.82) is 0 Å². The van der Waals surface area contributed by atoms with Crippen molar-refractivity contribution in [2.45, 2.75) is 26.6 Å². The molecule has 2 rings (SSSR count). The molecular weight excluding hydrogens is 310 g/mol. The average molecular weight is 326 g/mol. The third-order valence-electron chi connectivity index (χ3n) is 2.74. The van der Waals surface area contributed by atoms with Gasteiger partial charge in [-0.2, -0.15) is 0 Å². The predicted molar refractivity (Wildman–Crippen MR) is 79.7 cm³/mol. The highest BCUT2D eigenvalue weighted by atomic mass is 79.9. The van der Waals surface area contributed by atoms with E-state index in [2.05, 4.69) is 34.2 Å². The minimum atomic E-state index is 0.107. The average Bonchev–Trinajstić information content (AvgIpc) is 2.69. The van der Waals surface area contributed by atoms with Gasteiger partial charge in [0.25, 0.3) is 0 Å². The summed E-state index contributed by atoms with van der Waals surface area (Å²) < 4.78 is 1.19. The van der Waals surface area contributed by atoms with E-state index in [1.54, 1.807) is 0 Å². The molecule has 2 N–H and O–H groups in total. The molecule has 0 unspecified atom stereocenters. The largest absolute Gasteiger partial charge is 0.392 e. The molecule has 0 atom stereocenters. The van der Waals surface area contributed by atoms with Gasteiger partial charge in [0, 0.05) is 27.3 Å². The molecule has 1 heterocycles. The third kappa shape index (κ3) is 3.65. The lowest BCUT2D eigenvalue weighted by atomic mass is 10.1. The smallest absolute Gasteiger partial charge is 0.0681 e. The first kappa shape index (κ1) is 13.7. The number of benzene rings is 1. The van der Waals surface area contributed by atoms with Gasteiger partial charge in [-0.1, -0.05) is 24.3 Å². The Morgan fingerprint density at radius 2 is 1.83 bits per heavy atom. The molecule has 0 aliphatic heterocycles. The lowest BCUT2D eigenvalue weighted by Crippen LogP contribution is -2.11. The first-order valence-corrected chi connectivity index (χ1v) is 7.44. The Labute approximate surface area is 120 Å². The second kappa shape index (κ2) is 6.48. The van der Waals surface area contributed by atoms with Crippen molar-refractivity contribution >= 4 is 27.3 Å². The van der Waals surface area contributed by atoms with Gasteiger partial charge in [0.1, 0.15) is 0 Å². The van der Waals surface area contributed by atoms with Crippen molar-refractivity contribution in [3.05, 3.63) is 55.7 Å². The molecule has 2 aromatic rings. The monoisotopic (exact) mass is 325 g/mol. The number of halogens is 1. The van der Waals surface area contributed by atoms with Crippen LogP contribution < -0.4 is 5.32 Å². The Bertz CT molecular complexity index is 488. The van der Waals surface area contributed by atoms with Crippen LogP contribution in [0, 0.1) is 6.92 Å². The molecule has 18 heavy (non-hydrogen) atoms. The van der Waals surface area contributed by atoms with E-state index in [4.69, 9.17) is 5.11 Å². The molecule has 1 aromatic carbocycles. The van der Waals surface area contributed by atoms with Gasteiger partial charge in [-0.3, -0.25) is 0 Å². The number of thiophene rings is 1. The third-order valence-corrected chi connectivity index (χ3v) is 4.88. The zero-order valence-corrected chi connectivity index (χ0v) is 12.6. The van der Waals surface area contributed by atoms with Crippen LogP contribution in [0.15, 0.2) is 34.8 Å². The molecule has 0 radical (unpaired) electrons. The number of hydrogen-bond acceptors (Lipinski definition) is 3. The van der Waals surface area contributed by atoms with E-state index in [1.165, 1.54) is 19.8 Å². The molecule has 0 aliphatic carbocycles. The summed E-state index contributed by atoms with van der Waals surface area (Å²) in [5.74, 6) is 0. The standard InChI is InChI=1S/C14H16BrNOS/c1-10-14(15)6-13(18-10)8-16-7-11-2-4-12(9-17)5-3-11/h2-6,16-17H,7-9H2,1H3. The second-order valence-corrected chi connectivity index (χ2v) is 6.39. The zero-order chi connectivity index (χ0) is 13.0. The first-order chi connectivity index (χ1) is 8.69. The number of hydrogen-bond donors (Lipinski definition) is 2. The van der Waals surface area contributed by atoms with Crippen LogP contribution in [0.3, 0.4) is 0 Å². The van der Waals surface area contributed by atoms with Crippen molar-refractivity contribution in [3.8, 4) is 0 Å². The lowest BCUT2D eigenvalue weighted by molar-refractivity contribution is 0.282. The van der Waals surface area contributed by atoms with E-state index in [0.29, 0.717) is 0 Å². The van der Waals surface area contributed by atoms with Crippen LogP contribution in [0.5, 0.6) is 0 Å². The fourth-order valence-electron chi connectivity index (χ4n) is 1.70. The van der Waals surface area contributed by atoms with Gasteiger partial charge in [0.05, 0.1) is 6.61 Å². The maximum absolute atomic E-state index is 8.96. The fraction of sp³-hybridized carbons (Fsp3) is 0.286. The number of aliphatic hydroxyl groups is 1. The highest BCUT2D eigenvalue weighted by Crippen LogP contribution is 2.26. The van der Waals surface area contributed by atoms with Crippen molar-refractivity contribution in [1.82, 2.24) is 5.32 Å². The number of aryl methyl sites for hydroxylation is 1. The normalized spacial score (nSPS) is 10.8. The molecule has 0 saturated heterocycles. The summed E-state index contributed by atoms with van der Waals surface area (Å²) in [4.78, 5) is 2.66. The molecule has 0 spiro atoms. The number of aliphatic hydroxyl groups excluding tert-OH is 1. The SMILES string of the molecule is Cc1sc(CNCc2ccc(CO)cc2)cc1Br. The van der Waals surface area contributed by atoms with Gasteiger partial charge in [-0.05, 0) is 40.0 Å². The Morgan fingerprint density at radius 1 is 1.17 bits per heavy atom. The highest BCUT2D eigenvalue weighted by Gasteiger charge is 2.02. The second-order valence-electron chi connectivity index (χ2n) is 4.20. The van der Waals surface area contributed by atoms with Crippen molar-refractivity contribution in [2.75, 3.05) is 0 Å². The van der Waals surface area contributed by atoms with Crippen molar-refractivity contribution < 1.29 is 5.11 Å². The molecular formula is C14H16BrNOS. The van der Waals surface area contributed by atoms with Gasteiger partial charge in [0.2, 0.25) is 0 Å². The van der Waals surface area contributed by atoms with Crippen LogP contribution in [0.4, 0.5) is 0 Å². The van der Waals surface area contributed by atoms with E-state index < -0.39 is 0 Å². The lowest BCUT2D eigenvalue weighted by Gasteiger charge is -2.04. The topological polar surface area (TPSA) is 32.3 Å². The van der Waals surface area contributed by atoms with Crippen molar-refractivity contribution in [2.24, 2.45) is 0 Å². The van der Waals surface area contributed by atoms with Gasteiger partial charge in [-0.25, -0.2) is 0 Å². The number of rotatable bonds is 5. The minimum Gasteiger partial charge on any atom is -0.392 e. The first-order valence-electron chi connectivity index (χ1n) is 5.83. The van der Waals surface area contributed by atoms with Crippen LogP contribution in [-0.4, -0.2) is 5.11 Å². The summed E-state index contributed by atoms with van der Waals surface area (Å²) in [5.41, 5.74) is 2.19. The van der Waals surface area contributed by atoms with Crippen LogP contribution in [0.25, 0.3) is 0 Å². The van der Waals surface area contributed by atoms with Crippen molar-refractivity contribution in [3.63, 3.8) is 0 Å². The fourth-order valence-corrected chi connectivity index (χ4v) is 3.27. The maximum Gasteiger partial charge on any atom is 0.0681 e. The molecule has 1 aromatic heterocycles. The molecule has 4 heteroatoms. The van der Waals surface area contributed by atoms with Gasteiger partial charge < -0.3 is 10.4 Å².